The van der Waals surface area contributed by atoms with Crippen molar-refractivity contribution in [3.8, 4) is 0 Å². The number of carbonyl (C=O) groups is 1. The van der Waals surface area contributed by atoms with Crippen LogP contribution in [-0.2, 0) is 4.74 Å². The normalized spacial score (nSPS) is 19.4. The number of aryl methyl sites for hydroxylation is 1. The number of ether oxygens (including phenoxy) is 1. The van der Waals surface area contributed by atoms with E-state index in [1.165, 1.54) is 0 Å². The van der Waals surface area contributed by atoms with Crippen molar-refractivity contribution < 1.29 is 13.9 Å². The van der Waals surface area contributed by atoms with Crippen molar-refractivity contribution in [3.63, 3.8) is 0 Å². The van der Waals surface area contributed by atoms with Crippen LogP contribution in [-0.4, -0.2) is 23.5 Å². The second-order valence-corrected chi connectivity index (χ2v) is 3.60. The largest absolute Gasteiger partial charge is 0.441 e. The Balaban J connectivity index is 2.08. The first-order valence-corrected chi connectivity index (χ1v) is 4.77. The van der Waals surface area contributed by atoms with Gasteiger partial charge in [0.2, 0.25) is 0 Å². The monoisotopic (exact) mass is 203 g/mol. The summed E-state index contributed by atoms with van der Waals surface area (Å²) in [6.45, 7) is 2.32. The highest BCUT2D eigenvalue weighted by molar-refractivity contribution is 6.02. The van der Waals surface area contributed by atoms with E-state index < -0.39 is 0 Å². The summed E-state index contributed by atoms with van der Waals surface area (Å²) in [7, 11) is 0. The highest BCUT2D eigenvalue weighted by atomic mass is 16.6. The molecule has 0 amide bonds. The van der Waals surface area contributed by atoms with Gasteiger partial charge < -0.3 is 9.15 Å². The molecule has 1 fully saturated rings. The van der Waals surface area contributed by atoms with Crippen molar-refractivity contribution in [2.24, 2.45) is 0 Å². The highest BCUT2D eigenvalue weighted by Crippen LogP contribution is 2.21. The number of ketones is 1. The number of fused-ring (bicyclic) bond motifs is 1. The van der Waals surface area contributed by atoms with Crippen LogP contribution in [0, 0.1) is 6.92 Å². The van der Waals surface area contributed by atoms with Crippen LogP contribution in [0.25, 0.3) is 11.1 Å². The first-order chi connectivity index (χ1) is 7.24. The van der Waals surface area contributed by atoms with Crippen LogP contribution in [0.2, 0.25) is 0 Å². The standard InChI is InChI=1S/C11H9NO3/c1-6-12-8-4-7(2-3-9(8)15-6)11(13)10-5-14-10/h2-4,10H,5H2,1H3. The Kier molecular flexibility index (Phi) is 1.67. The van der Waals surface area contributed by atoms with E-state index in [0.29, 0.717) is 23.6 Å². The molecule has 0 spiro atoms. The van der Waals surface area contributed by atoms with Gasteiger partial charge in [0, 0.05) is 12.5 Å². The summed E-state index contributed by atoms with van der Waals surface area (Å²) in [6, 6.07) is 5.26. The number of rotatable bonds is 2. The van der Waals surface area contributed by atoms with Crippen molar-refractivity contribution >= 4 is 16.9 Å². The number of carbonyl (C=O) groups excluding carboxylic acids is 1. The average Bonchev–Trinajstić information content (AvgIpc) is 2.98. The van der Waals surface area contributed by atoms with Crippen molar-refractivity contribution in [2.45, 2.75) is 13.0 Å². The summed E-state index contributed by atoms with van der Waals surface area (Å²) in [5, 5.41) is 0. The van der Waals surface area contributed by atoms with Crippen molar-refractivity contribution in [1.29, 1.82) is 0 Å². The Morgan fingerprint density at radius 2 is 2.33 bits per heavy atom. The molecule has 4 heteroatoms. The van der Waals surface area contributed by atoms with Gasteiger partial charge in [0.05, 0.1) is 6.61 Å². The zero-order valence-electron chi connectivity index (χ0n) is 8.19. The zero-order valence-corrected chi connectivity index (χ0v) is 8.19. The quantitative estimate of drug-likeness (QED) is 0.550. The first kappa shape index (κ1) is 8.61. The molecular weight excluding hydrogens is 194 g/mol. The molecule has 76 valence electrons. The van der Waals surface area contributed by atoms with Crippen LogP contribution < -0.4 is 0 Å². The fraction of sp³-hybridized carbons (Fsp3) is 0.273. The molecule has 1 saturated heterocycles. The lowest BCUT2D eigenvalue weighted by Crippen LogP contribution is -2.06. The molecule has 1 aliphatic heterocycles. The molecule has 1 aromatic heterocycles. The third-order valence-electron chi connectivity index (χ3n) is 2.40. The minimum absolute atomic E-state index is 0.0255. The number of nitrogens with zero attached hydrogens (tertiary/aromatic N) is 1. The van der Waals surface area contributed by atoms with Gasteiger partial charge in [-0.2, -0.15) is 0 Å². The maximum Gasteiger partial charge on any atom is 0.194 e. The summed E-state index contributed by atoms with van der Waals surface area (Å²) in [6.07, 6.45) is -0.240. The molecule has 1 aliphatic rings. The molecule has 0 saturated carbocycles. The van der Waals surface area contributed by atoms with Crippen LogP contribution in [0.3, 0.4) is 0 Å². The molecule has 0 N–H and O–H groups in total. The van der Waals surface area contributed by atoms with Crippen LogP contribution in [0.15, 0.2) is 22.6 Å². The maximum atomic E-state index is 11.7. The van der Waals surface area contributed by atoms with Crippen molar-refractivity contribution in [3.05, 3.63) is 29.7 Å². The minimum Gasteiger partial charge on any atom is -0.441 e. The second kappa shape index (κ2) is 2.90. The Hall–Kier alpha value is -1.68. The molecular formula is C11H9NO3. The Bertz CT molecular complexity index is 540. The van der Waals surface area contributed by atoms with Crippen LogP contribution in [0.5, 0.6) is 0 Å². The van der Waals surface area contributed by atoms with Gasteiger partial charge in [-0.25, -0.2) is 4.98 Å². The molecule has 15 heavy (non-hydrogen) atoms. The van der Waals surface area contributed by atoms with Gasteiger partial charge >= 0.3 is 0 Å². The van der Waals surface area contributed by atoms with E-state index in [4.69, 9.17) is 9.15 Å². The SMILES string of the molecule is Cc1nc2cc(C(=O)C3CO3)ccc2o1. The number of aromatic nitrogens is 1. The summed E-state index contributed by atoms with van der Waals surface area (Å²) in [4.78, 5) is 15.9. The van der Waals surface area contributed by atoms with Gasteiger partial charge in [-0.1, -0.05) is 0 Å². The maximum absolute atomic E-state index is 11.7. The molecule has 0 radical (unpaired) electrons. The number of Topliss-reactive ketones (excluding diaryl/α,β-unsaturated/α-hetero) is 1. The van der Waals surface area contributed by atoms with E-state index in [9.17, 15) is 4.79 Å². The predicted molar refractivity (Wildman–Crippen MR) is 52.8 cm³/mol. The number of hydrogen-bond acceptors (Lipinski definition) is 4. The van der Waals surface area contributed by atoms with Gasteiger partial charge in [-0.15, -0.1) is 0 Å². The molecule has 0 bridgehead atoms. The average molecular weight is 203 g/mol. The lowest BCUT2D eigenvalue weighted by molar-refractivity contribution is 0.0954. The number of benzene rings is 1. The molecule has 2 aromatic rings. The van der Waals surface area contributed by atoms with Crippen LogP contribution in [0.4, 0.5) is 0 Å². The predicted octanol–water partition coefficient (Wildman–Crippen LogP) is 1.72. The molecule has 3 rings (SSSR count). The zero-order chi connectivity index (χ0) is 10.4. The fourth-order valence-corrected chi connectivity index (χ4v) is 1.58. The van der Waals surface area contributed by atoms with E-state index in [1.807, 2.05) is 0 Å². The van der Waals surface area contributed by atoms with Crippen LogP contribution in [0.1, 0.15) is 16.2 Å². The molecule has 4 nitrogen and oxygen atoms in total. The lowest BCUT2D eigenvalue weighted by Gasteiger charge is -1.95. The number of epoxide rings is 1. The smallest absolute Gasteiger partial charge is 0.194 e. The van der Waals surface area contributed by atoms with Gasteiger partial charge in [0.15, 0.2) is 17.3 Å². The fourth-order valence-electron chi connectivity index (χ4n) is 1.58. The summed E-state index contributed by atoms with van der Waals surface area (Å²) in [5.74, 6) is 0.634. The summed E-state index contributed by atoms with van der Waals surface area (Å²) in [5.41, 5.74) is 2.07. The van der Waals surface area contributed by atoms with Gasteiger partial charge in [0.25, 0.3) is 0 Å². The third kappa shape index (κ3) is 1.43. The highest BCUT2D eigenvalue weighted by Gasteiger charge is 2.32. The molecule has 0 aliphatic carbocycles. The lowest BCUT2D eigenvalue weighted by atomic mass is 10.1. The van der Waals surface area contributed by atoms with Gasteiger partial charge in [-0.05, 0) is 18.2 Å². The Morgan fingerprint density at radius 3 is 3.07 bits per heavy atom. The van der Waals surface area contributed by atoms with E-state index in [0.717, 1.165) is 5.52 Å². The van der Waals surface area contributed by atoms with E-state index in [2.05, 4.69) is 4.98 Å². The van der Waals surface area contributed by atoms with E-state index in [-0.39, 0.29) is 11.9 Å². The third-order valence-corrected chi connectivity index (χ3v) is 2.40. The minimum atomic E-state index is -0.240. The van der Waals surface area contributed by atoms with Crippen molar-refractivity contribution in [1.82, 2.24) is 4.98 Å². The number of oxazole rings is 1. The second-order valence-electron chi connectivity index (χ2n) is 3.60. The van der Waals surface area contributed by atoms with Crippen molar-refractivity contribution in [2.75, 3.05) is 6.61 Å². The summed E-state index contributed by atoms with van der Waals surface area (Å²) < 4.78 is 10.3. The number of hydrogen-bond donors (Lipinski definition) is 0. The van der Waals surface area contributed by atoms with Gasteiger partial charge in [0.1, 0.15) is 11.6 Å². The molecule has 2 heterocycles. The molecule has 1 aromatic carbocycles. The Labute approximate surface area is 85.9 Å². The van der Waals surface area contributed by atoms with Crippen LogP contribution >= 0.6 is 0 Å². The van der Waals surface area contributed by atoms with E-state index in [1.54, 1.807) is 25.1 Å². The Morgan fingerprint density at radius 1 is 1.53 bits per heavy atom. The first-order valence-electron chi connectivity index (χ1n) is 4.77. The topological polar surface area (TPSA) is 55.6 Å². The van der Waals surface area contributed by atoms with Gasteiger partial charge in [-0.3, -0.25) is 4.79 Å². The molecule has 1 unspecified atom stereocenters. The summed E-state index contributed by atoms with van der Waals surface area (Å²) >= 11 is 0. The molecule has 1 atom stereocenters. The van der Waals surface area contributed by atoms with E-state index >= 15 is 0 Å².